The fourth-order valence-corrected chi connectivity index (χ4v) is 3.78. The quantitative estimate of drug-likeness (QED) is 0.214. The number of carbonyl (C=O) groups is 1. The summed E-state index contributed by atoms with van der Waals surface area (Å²) in [6, 6.07) is 15.3. The van der Waals surface area contributed by atoms with E-state index in [1.54, 1.807) is 55.5 Å². The first-order valence-corrected chi connectivity index (χ1v) is 11.3. The molecule has 0 aliphatic rings. The first kappa shape index (κ1) is 24.3. The second kappa shape index (κ2) is 9.58. The Morgan fingerprint density at radius 1 is 1.08 bits per heavy atom. The number of hydrogen-bond donors (Lipinski definition) is 2. The molecule has 3 aromatic carbocycles. The van der Waals surface area contributed by atoms with E-state index < -0.39 is 17.9 Å². The zero-order valence-corrected chi connectivity index (χ0v) is 19.7. The van der Waals surface area contributed by atoms with Crippen molar-refractivity contribution in [2.45, 2.75) is 13.1 Å². The Morgan fingerprint density at radius 2 is 1.84 bits per heavy atom. The number of alkyl halides is 3. The number of carbonyl (C=O) groups excluding carboxylic acids is 1. The standard InChI is InChI=1S/C25H17ClF3N3O5/c1-2-34-24(33)37-21-10-13-9-17(7-8-20(13)36-21)35-16-5-3-15(4-6-16)30-23-31-19-12-14(25(27,28)29)11-18(26)22(19)32-23/h3-12H,2H2,1H3,(H2,30,31,32). The fraction of sp³-hybridized carbons (Fsp3) is 0.120. The van der Waals surface area contributed by atoms with Gasteiger partial charge in [0.1, 0.15) is 22.6 Å². The van der Waals surface area contributed by atoms with Crippen LogP contribution >= 0.6 is 11.6 Å². The fourth-order valence-electron chi connectivity index (χ4n) is 3.52. The van der Waals surface area contributed by atoms with E-state index in [0.29, 0.717) is 28.2 Å². The van der Waals surface area contributed by atoms with Crippen LogP contribution in [0.1, 0.15) is 12.5 Å². The van der Waals surface area contributed by atoms with Gasteiger partial charge in [0.25, 0.3) is 5.95 Å². The van der Waals surface area contributed by atoms with E-state index >= 15 is 0 Å². The number of hydrogen-bond acceptors (Lipinski definition) is 7. The van der Waals surface area contributed by atoms with Crippen molar-refractivity contribution in [1.82, 2.24) is 9.97 Å². The summed E-state index contributed by atoms with van der Waals surface area (Å²) >= 11 is 5.99. The number of furan rings is 1. The number of imidazole rings is 1. The maximum absolute atomic E-state index is 13.0. The highest BCUT2D eigenvalue weighted by Gasteiger charge is 2.31. The number of ether oxygens (including phenoxy) is 3. The molecule has 0 atom stereocenters. The molecule has 2 aromatic heterocycles. The predicted octanol–water partition coefficient (Wildman–Crippen LogP) is 8.05. The highest BCUT2D eigenvalue weighted by atomic mass is 35.5. The van der Waals surface area contributed by atoms with Gasteiger partial charge in [-0.3, -0.25) is 0 Å². The smallest absolute Gasteiger partial charge is 0.457 e. The van der Waals surface area contributed by atoms with Gasteiger partial charge in [-0.15, -0.1) is 0 Å². The van der Waals surface area contributed by atoms with Crippen molar-refractivity contribution in [3.05, 3.63) is 71.2 Å². The Kier molecular flexibility index (Phi) is 6.30. The molecular formula is C25H17ClF3N3O5. The third-order valence-electron chi connectivity index (χ3n) is 5.13. The third-order valence-corrected chi connectivity index (χ3v) is 5.42. The summed E-state index contributed by atoms with van der Waals surface area (Å²) in [6.45, 7) is 1.85. The Bertz CT molecular complexity index is 1600. The van der Waals surface area contributed by atoms with Crippen LogP contribution in [0.5, 0.6) is 17.4 Å². The van der Waals surface area contributed by atoms with Crippen LogP contribution in [0.25, 0.3) is 22.0 Å². The van der Waals surface area contributed by atoms with Crippen molar-refractivity contribution in [2.24, 2.45) is 0 Å². The van der Waals surface area contributed by atoms with Gasteiger partial charge < -0.3 is 28.9 Å². The van der Waals surface area contributed by atoms with Crippen LogP contribution in [0.2, 0.25) is 5.02 Å². The lowest BCUT2D eigenvalue weighted by molar-refractivity contribution is -0.137. The number of H-pyrrole nitrogens is 1. The van der Waals surface area contributed by atoms with E-state index in [9.17, 15) is 18.0 Å². The van der Waals surface area contributed by atoms with E-state index in [1.165, 1.54) is 0 Å². The van der Waals surface area contributed by atoms with Gasteiger partial charge in [-0.05, 0) is 61.5 Å². The van der Waals surface area contributed by atoms with Gasteiger partial charge in [0.15, 0.2) is 0 Å². The molecule has 0 saturated heterocycles. The summed E-state index contributed by atoms with van der Waals surface area (Å²) in [4.78, 5) is 18.5. The van der Waals surface area contributed by atoms with Gasteiger partial charge in [-0.2, -0.15) is 13.2 Å². The molecule has 5 rings (SSSR count). The average Bonchev–Trinajstić information content (AvgIpc) is 3.43. The summed E-state index contributed by atoms with van der Waals surface area (Å²) in [5.74, 6) is 1.28. The molecule has 0 unspecified atom stereocenters. The van der Waals surface area contributed by atoms with Crippen molar-refractivity contribution >= 4 is 51.4 Å². The molecule has 0 aliphatic carbocycles. The summed E-state index contributed by atoms with van der Waals surface area (Å²) in [7, 11) is 0. The number of rotatable bonds is 6. The van der Waals surface area contributed by atoms with Gasteiger partial charge in [-0.1, -0.05) is 11.6 Å². The minimum atomic E-state index is -4.52. The first-order chi connectivity index (χ1) is 17.7. The van der Waals surface area contributed by atoms with Crippen LogP contribution in [0.4, 0.5) is 29.6 Å². The van der Waals surface area contributed by atoms with Gasteiger partial charge in [0.05, 0.1) is 22.7 Å². The van der Waals surface area contributed by atoms with Crippen LogP contribution in [0.3, 0.4) is 0 Å². The van der Waals surface area contributed by atoms with Crippen LogP contribution < -0.4 is 14.8 Å². The van der Waals surface area contributed by atoms with Crippen molar-refractivity contribution in [3.63, 3.8) is 0 Å². The van der Waals surface area contributed by atoms with Crippen molar-refractivity contribution in [2.75, 3.05) is 11.9 Å². The minimum absolute atomic E-state index is 0.00234. The lowest BCUT2D eigenvalue weighted by Gasteiger charge is -2.07. The lowest BCUT2D eigenvalue weighted by atomic mass is 10.2. The topological polar surface area (TPSA) is 98.6 Å². The molecule has 0 spiro atoms. The minimum Gasteiger partial charge on any atom is -0.457 e. The molecule has 190 valence electrons. The van der Waals surface area contributed by atoms with Crippen LogP contribution in [0.15, 0.2) is 65.1 Å². The van der Waals surface area contributed by atoms with E-state index in [1.807, 2.05) is 0 Å². The Morgan fingerprint density at radius 3 is 2.57 bits per heavy atom. The SMILES string of the molecule is CCOC(=O)Oc1cc2cc(Oc3ccc(Nc4nc5c(Cl)cc(C(F)(F)F)cc5[nH]4)cc3)ccc2o1. The summed E-state index contributed by atoms with van der Waals surface area (Å²) in [5.41, 5.74) is 0.637. The first-order valence-electron chi connectivity index (χ1n) is 10.9. The lowest BCUT2D eigenvalue weighted by Crippen LogP contribution is -2.09. The normalized spacial score (nSPS) is 11.6. The summed E-state index contributed by atoms with van der Waals surface area (Å²) < 4.78 is 60.2. The molecule has 0 fully saturated rings. The Hall–Kier alpha value is -4.38. The number of benzene rings is 3. The predicted molar refractivity (Wildman–Crippen MR) is 130 cm³/mol. The van der Waals surface area contributed by atoms with Crippen molar-refractivity contribution < 1.29 is 36.6 Å². The number of aromatic nitrogens is 2. The van der Waals surface area contributed by atoms with Gasteiger partial charge >= 0.3 is 12.3 Å². The second-order valence-corrected chi connectivity index (χ2v) is 8.15. The van der Waals surface area contributed by atoms with E-state index in [4.69, 9.17) is 30.2 Å². The van der Waals surface area contributed by atoms with Gasteiger partial charge in [0.2, 0.25) is 5.95 Å². The van der Waals surface area contributed by atoms with Crippen LogP contribution in [0, 0.1) is 0 Å². The zero-order valence-electron chi connectivity index (χ0n) is 19.0. The molecule has 5 aromatic rings. The monoisotopic (exact) mass is 531 g/mol. The molecule has 0 bridgehead atoms. The van der Waals surface area contributed by atoms with Crippen molar-refractivity contribution in [3.8, 4) is 17.4 Å². The molecule has 2 N–H and O–H groups in total. The second-order valence-electron chi connectivity index (χ2n) is 7.74. The van der Waals surface area contributed by atoms with E-state index in [0.717, 1.165) is 12.1 Å². The number of halogens is 4. The maximum atomic E-state index is 13.0. The number of fused-ring (bicyclic) bond motifs is 2. The summed E-state index contributed by atoms with van der Waals surface area (Å²) in [6.07, 6.45) is -5.38. The number of nitrogens with zero attached hydrogens (tertiary/aromatic N) is 1. The largest absolute Gasteiger partial charge is 0.516 e. The Labute approximate surface area is 211 Å². The molecular weight excluding hydrogens is 515 g/mol. The number of anilines is 2. The number of nitrogens with one attached hydrogen (secondary N) is 2. The Balaban J connectivity index is 1.28. The molecule has 2 heterocycles. The highest BCUT2D eigenvalue weighted by Crippen LogP contribution is 2.35. The summed E-state index contributed by atoms with van der Waals surface area (Å²) in [5, 5.41) is 3.55. The molecule has 8 nitrogen and oxygen atoms in total. The van der Waals surface area contributed by atoms with Gasteiger partial charge in [-0.25, -0.2) is 9.78 Å². The molecule has 0 radical (unpaired) electrons. The molecule has 0 amide bonds. The van der Waals surface area contributed by atoms with Crippen LogP contribution in [-0.4, -0.2) is 22.7 Å². The highest BCUT2D eigenvalue weighted by molar-refractivity contribution is 6.35. The van der Waals surface area contributed by atoms with Crippen molar-refractivity contribution in [1.29, 1.82) is 0 Å². The van der Waals surface area contributed by atoms with Crippen LogP contribution in [-0.2, 0) is 10.9 Å². The molecule has 0 aliphatic heterocycles. The average molecular weight is 532 g/mol. The zero-order chi connectivity index (χ0) is 26.2. The number of aromatic amines is 1. The van der Waals surface area contributed by atoms with E-state index in [-0.39, 0.29) is 34.6 Å². The molecule has 12 heteroatoms. The molecule has 37 heavy (non-hydrogen) atoms. The maximum Gasteiger partial charge on any atom is 0.516 e. The van der Waals surface area contributed by atoms with E-state index in [2.05, 4.69) is 15.3 Å². The molecule has 0 saturated carbocycles. The third kappa shape index (κ3) is 5.41. The van der Waals surface area contributed by atoms with Gasteiger partial charge in [0, 0.05) is 17.1 Å².